The van der Waals surface area contributed by atoms with Crippen molar-refractivity contribution in [3.63, 3.8) is 0 Å². The number of nitrogens with zero attached hydrogens (tertiary/aromatic N) is 2. The Balaban J connectivity index is 1.76. The zero-order valence-corrected chi connectivity index (χ0v) is 15.8. The maximum Gasteiger partial charge on any atom is 0.336 e. The molecule has 0 saturated carbocycles. The van der Waals surface area contributed by atoms with Crippen molar-refractivity contribution < 1.29 is 14.0 Å². The lowest BCUT2D eigenvalue weighted by Gasteiger charge is -2.21. The molecule has 0 aliphatic carbocycles. The molecule has 0 radical (unpaired) electrons. The standard InChI is InChI=1S/C21H19N3O4/c1-12-7-8-15-14(10-17(25)28-18(15)13(12)2)11-24-19(26)21(3,23-20(24)27)16-6-4-5-9-22-16/h4-10H,11H2,1-3H3,(H,23,27). The van der Waals surface area contributed by atoms with Gasteiger partial charge in [0.25, 0.3) is 5.91 Å². The number of benzene rings is 1. The average molecular weight is 377 g/mol. The van der Waals surface area contributed by atoms with Crippen LogP contribution in [0.3, 0.4) is 0 Å². The summed E-state index contributed by atoms with van der Waals surface area (Å²) in [6, 6.07) is 9.76. The molecule has 0 spiro atoms. The third kappa shape index (κ3) is 2.67. The second kappa shape index (κ2) is 6.30. The summed E-state index contributed by atoms with van der Waals surface area (Å²) < 4.78 is 5.37. The second-order valence-corrected chi connectivity index (χ2v) is 7.14. The van der Waals surface area contributed by atoms with Gasteiger partial charge in [0.05, 0.1) is 12.2 Å². The summed E-state index contributed by atoms with van der Waals surface area (Å²) in [5, 5.41) is 3.43. The summed E-state index contributed by atoms with van der Waals surface area (Å²) in [7, 11) is 0. The van der Waals surface area contributed by atoms with Crippen molar-refractivity contribution >= 4 is 22.9 Å². The lowest BCUT2D eigenvalue weighted by molar-refractivity contribution is -0.131. The van der Waals surface area contributed by atoms with Crippen molar-refractivity contribution in [2.24, 2.45) is 0 Å². The molecule has 3 heterocycles. The number of fused-ring (bicyclic) bond motifs is 1. The van der Waals surface area contributed by atoms with Gasteiger partial charge in [-0.1, -0.05) is 18.2 Å². The first-order valence-corrected chi connectivity index (χ1v) is 8.90. The highest BCUT2D eigenvalue weighted by molar-refractivity contribution is 6.07. The molecule has 1 aliphatic rings. The van der Waals surface area contributed by atoms with Crippen LogP contribution in [0.1, 0.15) is 29.3 Å². The van der Waals surface area contributed by atoms with Gasteiger partial charge in [0.1, 0.15) is 5.58 Å². The molecular weight excluding hydrogens is 358 g/mol. The van der Waals surface area contributed by atoms with Crippen molar-refractivity contribution in [1.29, 1.82) is 0 Å². The Labute approximate surface area is 161 Å². The van der Waals surface area contributed by atoms with Gasteiger partial charge in [0.15, 0.2) is 5.54 Å². The summed E-state index contributed by atoms with van der Waals surface area (Å²) in [6.07, 6.45) is 1.57. The zero-order valence-electron chi connectivity index (χ0n) is 15.8. The minimum Gasteiger partial charge on any atom is -0.422 e. The molecule has 1 aromatic carbocycles. The lowest BCUT2D eigenvalue weighted by Crippen LogP contribution is -2.41. The van der Waals surface area contributed by atoms with E-state index < -0.39 is 23.1 Å². The summed E-state index contributed by atoms with van der Waals surface area (Å²) in [6.45, 7) is 5.39. The third-order valence-electron chi connectivity index (χ3n) is 5.30. The zero-order chi connectivity index (χ0) is 20.1. The van der Waals surface area contributed by atoms with Gasteiger partial charge in [-0.25, -0.2) is 9.59 Å². The molecule has 1 fully saturated rings. The molecule has 1 aliphatic heterocycles. The number of carbonyl (C=O) groups excluding carboxylic acids is 2. The number of rotatable bonds is 3. The number of amides is 3. The van der Waals surface area contributed by atoms with Gasteiger partial charge < -0.3 is 9.73 Å². The number of aromatic nitrogens is 1. The molecule has 0 bridgehead atoms. The van der Waals surface area contributed by atoms with E-state index >= 15 is 0 Å². The number of imide groups is 1. The van der Waals surface area contributed by atoms with Crippen LogP contribution >= 0.6 is 0 Å². The van der Waals surface area contributed by atoms with E-state index in [4.69, 9.17) is 4.42 Å². The number of aryl methyl sites for hydroxylation is 2. The highest BCUT2D eigenvalue weighted by atomic mass is 16.4. The Kier molecular flexibility index (Phi) is 4.03. The van der Waals surface area contributed by atoms with Gasteiger partial charge in [0, 0.05) is 17.6 Å². The highest BCUT2D eigenvalue weighted by Gasteiger charge is 2.50. The van der Waals surface area contributed by atoms with E-state index in [-0.39, 0.29) is 6.54 Å². The Morgan fingerprint density at radius 3 is 2.64 bits per heavy atom. The Hall–Kier alpha value is -3.48. The maximum absolute atomic E-state index is 13.1. The van der Waals surface area contributed by atoms with Crippen molar-refractivity contribution in [3.05, 3.63) is 75.4 Å². The molecule has 7 heteroatoms. The van der Waals surface area contributed by atoms with E-state index in [0.29, 0.717) is 22.2 Å². The Morgan fingerprint density at radius 2 is 1.93 bits per heavy atom. The van der Waals surface area contributed by atoms with E-state index in [9.17, 15) is 14.4 Å². The van der Waals surface area contributed by atoms with Crippen molar-refractivity contribution in [2.75, 3.05) is 0 Å². The van der Waals surface area contributed by atoms with E-state index in [1.165, 1.54) is 6.07 Å². The fourth-order valence-corrected chi connectivity index (χ4v) is 3.50. The topological polar surface area (TPSA) is 92.5 Å². The summed E-state index contributed by atoms with van der Waals surface area (Å²) in [5.74, 6) is -0.415. The van der Waals surface area contributed by atoms with Crippen LogP contribution < -0.4 is 10.9 Å². The van der Waals surface area contributed by atoms with Crippen LogP contribution in [-0.4, -0.2) is 21.8 Å². The molecule has 1 unspecified atom stereocenters. The molecule has 3 aromatic rings. The van der Waals surface area contributed by atoms with E-state index in [2.05, 4.69) is 10.3 Å². The summed E-state index contributed by atoms with van der Waals surface area (Å²) in [5.41, 5.74) is 1.57. The van der Waals surface area contributed by atoms with Crippen molar-refractivity contribution in [1.82, 2.24) is 15.2 Å². The number of pyridine rings is 1. The number of nitrogens with one attached hydrogen (secondary N) is 1. The first kappa shape index (κ1) is 17.9. The third-order valence-corrected chi connectivity index (χ3v) is 5.30. The predicted molar refractivity (Wildman–Crippen MR) is 103 cm³/mol. The summed E-state index contributed by atoms with van der Waals surface area (Å²) >= 11 is 0. The van der Waals surface area contributed by atoms with E-state index in [0.717, 1.165) is 16.0 Å². The van der Waals surface area contributed by atoms with Gasteiger partial charge in [0.2, 0.25) is 0 Å². The second-order valence-electron chi connectivity index (χ2n) is 7.14. The monoisotopic (exact) mass is 377 g/mol. The molecule has 1 N–H and O–H groups in total. The van der Waals surface area contributed by atoms with Gasteiger partial charge in [-0.15, -0.1) is 0 Å². The van der Waals surface area contributed by atoms with Crippen LogP contribution in [0, 0.1) is 13.8 Å². The fraction of sp³-hybridized carbons (Fsp3) is 0.238. The molecule has 2 aromatic heterocycles. The van der Waals surface area contributed by atoms with Crippen LogP contribution in [-0.2, 0) is 16.9 Å². The normalized spacial score (nSPS) is 19.3. The minimum atomic E-state index is -1.25. The Bertz CT molecular complexity index is 1170. The molecule has 1 atom stereocenters. The average Bonchev–Trinajstić information content (AvgIpc) is 2.90. The molecular formula is C21H19N3O4. The SMILES string of the molecule is Cc1ccc2c(CN3C(=O)NC(C)(c4ccccn4)C3=O)cc(=O)oc2c1C. The first-order chi connectivity index (χ1) is 13.3. The first-order valence-electron chi connectivity index (χ1n) is 8.90. The van der Waals surface area contributed by atoms with Crippen molar-refractivity contribution in [3.8, 4) is 0 Å². The molecule has 3 amide bonds. The predicted octanol–water partition coefficient (Wildman–Crippen LogP) is 2.77. The highest BCUT2D eigenvalue weighted by Crippen LogP contribution is 2.30. The van der Waals surface area contributed by atoms with Gasteiger partial charge >= 0.3 is 11.7 Å². The van der Waals surface area contributed by atoms with Crippen molar-refractivity contribution in [2.45, 2.75) is 32.9 Å². The number of urea groups is 1. The van der Waals surface area contributed by atoms with Crippen LogP contribution in [0.4, 0.5) is 4.79 Å². The lowest BCUT2D eigenvalue weighted by atomic mass is 9.97. The fourth-order valence-electron chi connectivity index (χ4n) is 3.50. The molecule has 1 saturated heterocycles. The van der Waals surface area contributed by atoms with E-state index in [1.807, 2.05) is 26.0 Å². The largest absolute Gasteiger partial charge is 0.422 e. The molecule has 7 nitrogen and oxygen atoms in total. The number of hydrogen-bond acceptors (Lipinski definition) is 5. The minimum absolute atomic E-state index is 0.0301. The smallest absolute Gasteiger partial charge is 0.336 e. The Morgan fingerprint density at radius 1 is 1.14 bits per heavy atom. The van der Waals surface area contributed by atoms with Crippen LogP contribution in [0.25, 0.3) is 11.0 Å². The molecule has 28 heavy (non-hydrogen) atoms. The van der Waals surface area contributed by atoms with E-state index in [1.54, 1.807) is 31.3 Å². The molecule has 142 valence electrons. The van der Waals surface area contributed by atoms with Crippen LogP contribution in [0.5, 0.6) is 0 Å². The maximum atomic E-state index is 13.1. The quantitative estimate of drug-likeness (QED) is 0.560. The molecule has 4 rings (SSSR count). The number of hydrogen-bond donors (Lipinski definition) is 1. The van der Waals surface area contributed by atoms with Gasteiger partial charge in [-0.05, 0) is 49.6 Å². The number of carbonyl (C=O) groups is 2. The van der Waals surface area contributed by atoms with Gasteiger partial charge in [-0.3, -0.25) is 14.7 Å². The summed E-state index contributed by atoms with van der Waals surface area (Å²) in [4.78, 5) is 43.1. The van der Waals surface area contributed by atoms with Crippen LogP contribution in [0.15, 0.2) is 51.8 Å². The van der Waals surface area contributed by atoms with Crippen LogP contribution in [0.2, 0.25) is 0 Å². The van der Waals surface area contributed by atoms with Gasteiger partial charge in [-0.2, -0.15) is 0 Å².